The van der Waals surface area contributed by atoms with Gasteiger partial charge < -0.3 is 4.74 Å². The first-order valence-corrected chi connectivity index (χ1v) is 9.66. The van der Waals surface area contributed by atoms with Crippen molar-refractivity contribution in [2.45, 2.75) is 33.4 Å². The number of benzene rings is 2. The second-order valence-electron chi connectivity index (χ2n) is 7.19. The van der Waals surface area contributed by atoms with Crippen molar-refractivity contribution < 1.29 is 14.3 Å². The van der Waals surface area contributed by atoms with E-state index in [1.165, 1.54) is 11.6 Å². The van der Waals surface area contributed by atoms with Crippen LogP contribution in [-0.2, 0) is 11.3 Å². The number of halogens is 1. The van der Waals surface area contributed by atoms with Crippen molar-refractivity contribution in [2.24, 2.45) is 5.92 Å². The molecule has 0 spiro atoms. The van der Waals surface area contributed by atoms with Gasteiger partial charge in [-0.05, 0) is 43.2 Å². The molecule has 0 amide bonds. The maximum Gasteiger partial charge on any atom is 0.360 e. The monoisotopic (exact) mass is 412 g/mol. The average Bonchev–Trinajstić information content (AvgIpc) is 2.69. The molecule has 0 bridgehead atoms. The lowest BCUT2D eigenvalue weighted by Crippen LogP contribution is -2.30. The van der Waals surface area contributed by atoms with Gasteiger partial charge in [-0.25, -0.2) is 9.48 Å². The number of hydrogen-bond acceptors (Lipinski definition) is 5. The van der Waals surface area contributed by atoms with Crippen LogP contribution in [-0.4, -0.2) is 27.6 Å². The van der Waals surface area contributed by atoms with Gasteiger partial charge in [0, 0.05) is 22.5 Å². The Hall–Kier alpha value is -2.99. The number of ketones is 1. The zero-order valence-corrected chi connectivity index (χ0v) is 17.1. The van der Waals surface area contributed by atoms with Crippen LogP contribution in [0.25, 0.3) is 10.8 Å². The van der Waals surface area contributed by atoms with Gasteiger partial charge >= 0.3 is 5.97 Å². The third-order valence-corrected chi connectivity index (χ3v) is 4.63. The minimum absolute atomic E-state index is 0.0107. The van der Waals surface area contributed by atoms with Gasteiger partial charge in [0.15, 0.2) is 11.8 Å². The van der Waals surface area contributed by atoms with Gasteiger partial charge in [-0.3, -0.25) is 9.59 Å². The topological polar surface area (TPSA) is 78.3 Å². The SMILES string of the molecule is CC(C)Cn1nc(C(=O)O[C@H](C)C(=O)c2ccc(Cl)cc2)c2ccccc2c1=O. The Balaban J connectivity index is 1.94. The molecule has 6 nitrogen and oxygen atoms in total. The zero-order valence-electron chi connectivity index (χ0n) is 16.4. The molecule has 1 heterocycles. The van der Waals surface area contributed by atoms with E-state index in [0.717, 1.165) is 0 Å². The number of aromatic nitrogens is 2. The van der Waals surface area contributed by atoms with E-state index >= 15 is 0 Å². The molecule has 0 aliphatic carbocycles. The van der Waals surface area contributed by atoms with Crippen molar-refractivity contribution in [3.8, 4) is 0 Å². The van der Waals surface area contributed by atoms with Gasteiger partial charge in [0.1, 0.15) is 0 Å². The summed E-state index contributed by atoms with van der Waals surface area (Å²) in [6.45, 7) is 5.77. The van der Waals surface area contributed by atoms with Crippen molar-refractivity contribution in [2.75, 3.05) is 0 Å². The fraction of sp³-hybridized carbons (Fsp3) is 0.273. The van der Waals surface area contributed by atoms with Crippen LogP contribution in [0.2, 0.25) is 5.02 Å². The molecule has 3 rings (SSSR count). The molecule has 0 radical (unpaired) electrons. The normalized spacial score (nSPS) is 12.2. The quantitative estimate of drug-likeness (QED) is 0.449. The molecule has 2 aromatic carbocycles. The van der Waals surface area contributed by atoms with Crippen LogP contribution in [0.5, 0.6) is 0 Å². The largest absolute Gasteiger partial charge is 0.449 e. The third kappa shape index (κ3) is 4.54. The molecular weight excluding hydrogens is 392 g/mol. The highest BCUT2D eigenvalue weighted by molar-refractivity contribution is 6.30. The highest BCUT2D eigenvalue weighted by atomic mass is 35.5. The van der Waals surface area contributed by atoms with Gasteiger partial charge in [-0.15, -0.1) is 0 Å². The highest BCUT2D eigenvalue weighted by Crippen LogP contribution is 2.17. The van der Waals surface area contributed by atoms with Gasteiger partial charge in [0.2, 0.25) is 5.78 Å². The van der Waals surface area contributed by atoms with E-state index in [0.29, 0.717) is 27.9 Å². The minimum atomic E-state index is -1.02. The molecule has 0 aliphatic rings. The summed E-state index contributed by atoms with van der Waals surface area (Å²) in [4.78, 5) is 38.1. The predicted molar refractivity (Wildman–Crippen MR) is 112 cm³/mol. The number of ether oxygens (including phenoxy) is 1. The molecule has 0 saturated carbocycles. The summed E-state index contributed by atoms with van der Waals surface area (Å²) in [5.74, 6) is -0.945. The Morgan fingerprint density at radius 3 is 2.28 bits per heavy atom. The van der Waals surface area contributed by atoms with E-state index in [1.54, 1.807) is 48.5 Å². The predicted octanol–water partition coefficient (Wildman–Crippen LogP) is 4.13. The van der Waals surface area contributed by atoms with Crippen molar-refractivity contribution in [1.29, 1.82) is 0 Å². The molecule has 0 saturated heterocycles. The van der Waals surface area contributed by atoms with E-state index in [9.17, 15) is 14.4 Å². The van der Waals surface area contributed by atoms with Crippen LogP contribution in [0, 0.1) is 5.92 Å². The first-order chi connectivity index (χ1) is 13.8. The van der Waals surface area contributed by atoms with Crippen LogP contribution in [0.4, 0.5) is 0 Å². The van der Waals surface area contributed by atoms with E-state index < -0.39 is 12.1 Å². The average molecular weight is 413 g/mol. The summed E-state index contributed by atoms with van der Waals surface area (Å²) in [6.07, 6.45) is -1.02. The summed E-state index contributed by atoms with van der Waals surface area (Å²) in [7, 11) is 0. The fourth-order valence-corrected chi connectivity index (χ4v) is 3.10. The van der Waals surface area contributed by atoms with E-state index in [-0.39, 0.29) is 23.0 Å². The Labute approximate surface area is 173 Å². The summed E-state index contributed by atoms with van der Waals surface area (Å²) >= 11 is 5.85. The fourth-order valence-electron chi connectivity index (χ4n) is 2.97. The summed E-state index contributed by atoms with van der Waals surface area (Å²) < 4.78 is 6.66. The Kier molecular flexibility index (Phi) is 6.13. The Morgan fingerprint density at radius 1 is 1.03 bits per heavy atom. The van der Waals surface area contributed by atoms with Crippen LogP contribution < -0.4 is 5.56 Å². The molecular formula is C22H21ClN2O4. The number of carbonyl (C=O) groups excluding carboxylic acids is 2. The number of carbonyl (C=O) groups is 2. The number of hydrogen-bond donors (Lipinski definition) is 0. The summed E-state index contributed by atoms with van der Waals surface area (Å²) in [5, 5.41) is 5.52. The Bertz CT molecular complexity index is 1120. The highest BCUT2D eigenvalue weighted by Gasteiger charge is 2.24. The zero-order chi connectivity index (χ0) is 21.1. The van der Waals surface area contributed by atoms with E-state index in [4.69, 9.17) is 16.3 Å². The standard InChI is InChI=1S/C22H21ClN2O4/c1-13(2)12-25-21(27)18-7-5-4-6-17(18)19(24-25)22(28)29-14(3)20(26)15-8-10-16(23)11-9-15/h4-11,13-14H,12H2,1-3H3/t14-/m1/s1. The Morgan fingerprint density at radius 2 is 1.66 bits per heavy atom. The lowest BCUT2D eigenvalue weighted by molar-refractivity contribution is 0.0312. The molecule has 1 aromatic heterocycles. The number of esters is 1. The van der Waals surface area contributed by atoms with Crippen molar-refractivity contribution in [3.05, 3.63) is 75.2 Å². The second kappa shape index (κ2) is 8.57. The van der Waals surface area contributed by atoms with Crippen LogP contribution in [0.1, 0.15) is 41.6 Å². The minimum Gasteiger partial charge on any atom is -0.449 e. The van der Waals surface area contributed by atoms with E-state index in [2.05, 4.69) is 5.10 Å². The number of nitrogens with zero attached hydrogens (tertiary/aromatic N) is 2. The summed E-state index contributed by atoms with van der Waals surface area (Å²) in [5.41, 5.74) is 0.130. The van der Waals surface area contributed by atoms with Crippen molar-refractivity contribution in [1.82, 2.24) is 9.78 Å². The first-order valence-electron chi connectivity index (χ1n) is 9.28. The molecule has 7 heteroatoms. The van der Waals surface area contributed by atoms with E-state index in [1.807, 2.05) is 13.8 Å². The molecule has 0 fully saturated rings. The summed E-state index contributed by atoms with van der Waals surface area (Å²) in [6, 6.07) is 13.1. The third-order valence-electron chi connectivity index (χ3n) is 4.38. The number of fused-ring (bicyclic) bond motifs is 1. The molecule has 150 valence electrons. The molecule has 0 unspecified atom stereocenters. The van der Waals surface area contributed by atoms with Crippen molar-refractivity contribution in [3.63, 3.8) is 0 Å². The van der Waals surface area contributed by atoms with Gasteiger partial charge in [-0.1, -0.05) is 43.6 Å². The van der Waals surface area contributed by atoms with Gasteiger partial charge in [-0.2, -0.15) is 5.10 Å². The van der Waals surface area contributed by atoms with Gasteiger partial charge in [0.25, 0.3) is 5.56 Å². The smallest absolute Gasteiger partial charge is 0.360 e. The molecule has 3 aromatic rings. The lowest BCUT2D eigenvalue weighted by Gasteiger charge is -2.15. The van der Waals surface area contributed by atoms with Crippen LogP contribution in [0.3, 0.4) is 0 Å². The number of rotatable bonds is 6. The number of Topliss-reactive ketones (excluding diaryl/α,β-unsaturated/α-hetero) is 1. The molecule has 0 N–H and O–H groups in total. The van der Waals surface area contributed by atoms with Gasteiger partial charge in [0.05, 0.1) is 5.39 Å². The van der Waals surface area contributed by atoms with Crippen molar-refractivity contribution >= 4 is 34.1 Å². The maximum absolute atomic E-state index is 12.8. The first kappa shape index (κ1) is 20.7. The maximum atomic E-state index is 12.8. The van der Waals surface area contributed by atoms with Crippen LogP contribution in [0.15, 0.2) is 53.3 Å². The molecule has 0 aliphatic heterocycles. The lowest BCUT2D eigenvalue weighted by atomic mass is 10.1. The molecule has 29 heavy (non-hydrogen) atoms. The second-order valence-corrected chi connectivity index (χ2v) is 7.63. The van der Waals surface area contributed by atoms with Crippen LogP contribution >= 0.6 is 11.6 Å². The molecule has 1 atom stereocenters.